The fourth-order valence-electron chi connectivity index (χ4n) is 3.73. The van der Waals surface area contributed by atoms with Gasteiger partial charge in [0.2, 0.25) is 5.91 Å². The molecule has 6 nitrogen and oxygen atoms in total. The molecule has 1 aromatic rings. The van der Waals surface area contributed by atoms with Crippen LogP contribution in [0, 0.1) is 0 Å². The van der Waals surface area contributed by atoms with Crippen LogP contribution >= 0.6 is 0 Å². The van der Waals surface area contributed by atoms with Crippen LogP contribution in [0.4, 0.5) is 0 Å². The first kappa shape index (κ1) is 18.0. The highest BCUT2D eigenvalue weighted by Gasteiger charge is 2.28. The molecule has 2 saturated heterocycles. The van der Waals surface area contributed by atoms with Crippen LogP contribution in [0.25, 0.3) is 0 Å². The number of carbonyl (C=O) groups excluding carboxylic acids is 1. The molecule has 2 atom stereocenters. The maximum absolute atomic E-state index is 12.3. The van der Waals surface area contributed by atoms with E-state index in [0.29, 0.717) is 13.1 Å². The van der Waals surface area contributed by atoms with E-state index in [1.165, 1.54) is 5.56 Å². The zero-order valence-corrected chi connectivity index (χ0v) is 15.1. The van der Waals surface area contributed by atoms with Gasteiger partial charge in [-0.1, -0.05) is 6.07 Å². The summed E-state index contributed by atoms with van der Waals surface area (Å²) >= 11 is 0. The van der Waals surface area contributed by atoms with E-state index in [2.05, 4.69) is 16.3 Å². The van der Waals surface area contributed by atoms with Gasteiger partial charge in [0.15, 0.2) is 11.5 Å². The predicted molar refractivity (Wildman–Crippen MR) is 95.1 cm³/mol. The van der Waals surface area contributed by atoms with Crippen molar-refractivity contribution in [2.45, 2.75) is 37.8 Å². The number of rotatable bonds is 7. The number of hydrogen-bond acceptors (Lipinski definition) is 5. The van der Waals surface area contributed by atoms with Gasteiger partial charge >= 0.3 is 0 Å². The van der Waals surface area contributed by atoms with Gasteiger partial charge in [0.05, 0.1) is 26.9 Å². The highest BCUT2D eigenvalue weighted by atomic mass is 16.5. The first-order chi connectivity index (χ1) is 12.2. The maximum Gasteiger partial charge on any atom is 0.234 e. The average Bonchev–Trinajstić information content (AvgIpc) is 3.31. The SMILES string of the molecule is COc1ccc([C@@H]2CCCN2CC(=O)NC[C@@H]2CCCO2)cc1OC. The normalized spacial score (nSPS) is 23.6. The van der Waals surface area contributed by atoms with Gasteiger partial charge in [-0.25, -0.2) is 0 Å². The monoisotopic (exact) mass is 348 g/mol. The summed E-state index contributed by atoms with van der Waals surface area (Å²) in [5.74, 6) is 1.53. The van der Waals surface area contributed by atoms with Crippen molar-refractivity contribution in [2.75, 3.05) is 40.5 Å². The topological polar surface area (TPSA) is 60.0 Å². The Bertz CT molecular complexity index is 587. The minimum Gasteiger partial charge on any atom is -0.493 e. The summed E-state index contributed by atoms with van der Waals surface area (Å²) in [6.45, 7) is 2.79. The second-order valence-electron chi connectivity index (χ2n) is 6.68. The molecule has 0 bridgehead atoms. The van der Waals surface area contributed by atoms with Crippen LogP contribution in [0.5, 0.6) is 11.5 Å². The van der Waals surface area contributed by atoms with Gasteiger partial charge in [-0.2, -0.15) is 0 Å². The number of carbonyl (C=O) groups is 1. The summed E-state index contributed by atoms with van der Waals surface area (Å²) in [6.07, 6.45) is 4.46. The van der Waals surface area contributed by atoms with Gasteiger partial charge in [0.25, 0.3) is 0 Å². The van der Waals surface area contributed by atoms with Crippen molar-refractivity contribution in [1.82, 2.24) is 10.2 Å². The molecule has 0 saturated carbocycles. The molecule has 0 unspecified atom stereocenters. The lowest BCUT2D eigenvalue weighted by molar-refractivity contribution is -0.123. The Hall–Kier alpha value is -1.79. The fraction of sp³-hybridized carbons (Fsp3) is 0.632. The number of ether oxygens (including phenoxy) is 3. The molecular formula is C19H28N2O4. The van der Waals surface area contributed by atoms with Crippen LogP contribution in [0.2, 0.25) is 0 Å². The Morgan fingerprint density at radius 2 is 2.08 bits per heavy atom. The van der Waals surface area contributed by atoms with Crippen LogP contribution < -0.4 is 14.8 Å². The van der Waals surface area contributed by atoms with E-state index < -0.39 is 0 Å². The summed E-state index contributed by atoms with van der Waals surface area (Å²) in [4.78, 5) is 14.5. The minimum atomic E-state index is 0.0721. The van der Waals surface area contributed by atoms with E-state index in [9.17, 15) is 4.79 Å². The molecule has 0 radical (unpaired) electrons. The molecule has 1 N–H and O–H groups in total. The Balaban J connectivity index is 1.59. The number of benzene rings is 1. The molecule has 6 heteroatoms. The number of methoxy groups -OCH3 is 2. The second kappa shape index (κ2) is 8.54. The number of nitrogens with one attached hydrogen (secondary N) is 1. The molecule has 2 aliphatic heterocycles. The summed E-state index contributed by atoms with van der Waals surface area (Å²) in [7, 11) is 3.28. The van der Waals surface area contributed by atoms with E-state index in [4.69, 9.17) is 14.2 Å². The van der Waals surface area contributed by atoms with E-state index >= 15 is 0 Å². The van der Waals surface area contributed by atoms with Gasteiger partial charge in [-0.3, -0.25) is 9.69 Å². The van der Waals surface area contributed by atoms with Crippen molar-refractivity contribution in [1.29, 1.82) is 0 Å². The second-order valence-corrected chi connectivity index (χ2v) is 6.68. The molecule has 0 aliphatic carbocycles. The number of likely N-dealkylation sites (tertiary alicyclic amines) is 1. The van der Waals surface area contributed by atoms with Gasteiger partial charge < -0.3 is 19.5 Å². The van der Waals surface area contributed by atoms with Crippen LogP contribution in [0.15, 0.2) is 18.2 Å². The number of hydrogen-bond donors (Lipinski definition) is 1. The Kier molecular flexibility index (Phi) is 6.15. The summed E-state index contributed by atoms with van der Waals surface area (Å²) < 4.78 is 16.3. The highest BCUT2D eigenvalue weighted by Crippen LogP contribution is 2.36. The van der Waals surface area contributed by atoms with Crippen LogP contribution in [0.1, 0.15) is 37.3 Å². The summed E-state index contributed by atoms with van der Waals surface area (Å²) in [5, 5.41) is 3.01. The molecule has 1 amide bonds. The summed E-state index contributed by atoms with van der Waals surface area (Å²) in [5.41, 5.74) is 1.17. The molecule has 2 fully saturated rings. The van der Waals surface area contributed by atoms with E-state index in [-0.39, 0.29) is 18.1 Å². The van der Waals surface area contributed by atoms with Gasteiger partial charge in [0.1, 0.15) is 0 Å². The average molecular weight is 348 g/mol. The Morgan fingerprint density at radius 3 is 2.80 bits per heavy atom. The van der Waals surface area contributed by atoms with Crippen molar-refractivity contribution in [2.24, 2.45) is 0 Å². The third-order valence-electron chi connectivity index (χ3n) is 5.05. The molecule has 0 spiro atoms. The first-order valence-corrected chi connectivity index (χ1v) is 9.05. The summed E-state index contributed by atoms with van der Waals surface area (Å²) in [6, 6.07) is 6.26. The van der Waals surface area contributed by atoms with E-state index in [1.807, 2.05) is 12.1 Å². The third kappa shape index (κ3) is 4.44. The zero-order valence-electron chi connectivity index (χ0n) is 15.1. The third-order valence-corrected chi connectivity index (χ3v) is 5.05. The fourth-order valence-corrected chi connectivity index (χ4v) is 3.73. The van der Waals surface area contributed by atoms with Crippen molar-refractivity contribution in [3.05, 3.63) is 23.8 Å². The lowest BCUT2D eigenvalue weighted by atomic mass is 10.0. The van der Waals surface area contributed by atoms with E-state index in [0.717, 1.165) is 50.3 Å². The highest BCUT2D eigenvalue weighted by molar-refractivity contribution is 5.78. The predicted octanol–water partition coefficient (Wildman–Crippen LogP) is 2.14. The standard InChI is InChI=1S/C19H28N2O4/c1-23-17-8-7-14(11-18(17)24-2)16-6-3-9-21(16)13-19(22)20-12-15-5-4-10-25-15/h7-8,11,15-16H,3-6,9-10,12-13H2,1-2H3,(H,20,22)/t15-,16-/m0/s1. The van der Waals surface area contributed by atoms with Gasteiger partial charge in [0, 0.05) is 19.2 Å². The van der Waals surface area contributed by atoms with Crippen molar-refractivity contribution >= 4 is 5.91 Å². The minimum absolute atomic E-state index is 0.0721. The molecule has 25 heavy (non-hydrogen) atoms. The van der Waals surface area contributed by atoms with E-state index in [1.54, 1.807) is 14.2 Å². The number of amides is 1. The quantitative estimate of drug-likeness (QED) is 0.818. The Morgan fingerprint density at radius 1 is 1.24 bits per heavy atom. The Labute approximate surface area is 149 Å². The van der Waals surface area contributed by atoms with Gasteiger partial charge in [-0.05, 0) is 49.9 Å². The van der Waals surface area contributed by atoms with Crippen molar-refractivity contribution in [3.63, 3.8) is 0 Å². The largest absolute Gasteiger partial charge is 0.493 e. The van der Waals surface area contributed by atoms with Crippen LogP contribution in [-0.2, 0) is 9.53 Å². The molecule has 138 valence electrons. The molecule has 2 heterocycles. The van der Waals surface area contributed by atoms with Crippen molar-refractivity contribution < 1.29 is 19.0 Å². The van der Waals surface area contributed by atoms with Crippen LogP contribution in [-0.4, -0.2) is 57.4 Å². The molecule has 0 aromatic heterocycles. The van der Waals surface area contributed by atoms with Crippen LogP contribution in [0.3, 0.4) is 0 Å². The lowest BCUT2D eigenvalue weighted by Crippen LogP contribution is -2.39. The van der Waals surface area contributed by atoms with Crippen molar-refractivity contribution in [3.8, 4) is 11.5 Å². The molecular weight excluding hydrogens is 320 g/mol. The zero-order chi connectivity index (χ0) is 17.6. The molecule has 1 aromatic carbocycles. The molecule has 3 rings (SSSR count). The first-order valence-electron chi connectivity index (χ1n) is 9.05. The maximum atomic E-state index is 12.3. The van der Waals surface area contributed by atoms with Gasteiger partial charge in [-0.15, -0.1) is 0 Å². The smallest absolute Gasteiger partial charge is 0.234 e. The lowest BCUT2D eigenvalue weighted by Gasteiger charge is -2.25. The number of nitrogens with zero attached hydrogens (tertiary/aromatic N) is 1. The molecule has 2 aliphatic rings.